The minimum Gasteiger partial charge on any atom is -0.287 e. The van der Waals surface area contributed by atoms with Crippen LogP contribution in [0.15, 0.2) is 24.3 Å². The van der Waals surface area contributed by atoms with Gasteiger partial charge in [-0.3, -0.25) is 4.79 Å². The van der Waals surface area contributed by atoms with E-state index in [1.807, 2.05) is 18.2 Å². The van der Waals surface area contributed by atoms with E-state index in [0.29, 0.717) is 11.4 Å². The van der Waals surface area contributed by atoms with E-state index in [9.17, 15) is 4.79 Å². The zero-order valence-electron chi connectivity index (χ0n) is 6.71. The molecule has 0 radical (unpaired) electrons. The zero-order valence-corrected chi connectivity index (χ0v) is 8.28. The fourth-order valence-corrected chi connectivity index (χ4v) is 1.37. The molecular formula is C9H9ClOS. The third-order valence-corrected chi connectivity index (χ3v) is 2.49. The monoisotopic (exact) mass is 200 g/mol. The van der Waals surface area contributed by atoms with Crippen molar-refractivity contribution in [3.05, 3.63) is 34.9 Å². The first kappa shape index (κ1) is 9.62. The summed E-state index contributed by atoms with van der Waals surface area (Å²) < 4.78 is 0. The largest absolute Gasteiger partial charge is 0.287 e. The van der Waals surface area contributed by atoms with Gasteiger partial charge in [-0.15, -0.1) is 0 Å². The standard InChI is InChI=1S/C9H9ClOS/c1-12-9(11)6-7-4-2-3-5-8(7)10/h2-5H,6H2,1H3. The molecular weight excluding hydrogens is 192 g/mol. The Morgan fingerprint density at radius 1 is 1.50 bits per heavy atom. The Hall–Kier alpha value is -0.470. The quantitative estimate of drug-likeness (QED) is 0.731. The first-order valence-electron chi connectivity index (χ1n) is 3.54. The molecule has 1 aromatic rings. The lowest BCUT2D eigenvalue weighted by atomic mass is 10.2. The second-order valence-electron chi connectivity index (χ2n) is 2.34. The number of halogens is 1. The Kier molecular flexibility index (Phi) is 3.63. The van der Waals surface area contributed by atoms with Crippen LogP contribution < -0.4 is 0 Å². The topological polar surface area (TPSA) is 17.1 Å². The minimum absolute atomic E-state index is 0.142. The van der Waals surface area contributed by atoms with E-state index < -0.39 is 0 Å². The highest BCUT2D eigenvalue weighted by molar-refractivity contribution is 8.13. The van der Waals surface area contributed by atoms with E-state index in [2.05, 4.69) is 0 Å². The van der Waals surface area contributed by atoms with Gasteiger partial charge in [-0.25, -0.2) is 0 Å². The Morgan fingerprint density at radius 2 is 2.17 bits per heavy atom. The molecule has 0 fully saturated rings. The van der Waals surface area contributed by atoms with Crippen LogP contribution in [0.3, 0.4) is 0 Å². The Bertz CT molecular complexity index is 286. The molecule has 1 nitrogen and oxygen atoms in total. The smallest absolute Gasteiger partial charge is 0.193 e. The number of benzene rings is 1. The highest BCUT2D eigenvalue weighted by Crippen LogP contribution is 2.17. The van der Waals surface area contributed by atoms with Crippen molar-refractivity contribution in [3.8, 4) is 0 Å². The third-order valence-electron chi connectivity index (χ3n) is 1.52. The molecule has 12 heavy (non-hydrogen) atoms. The van der Waals surface area contributed by atoms with Gasteiger partial charge in [-0.05, 0) is 17.9 Å². The zero-order chi connectivity index (χ0) is 8.97. The molecule has 1 aromatic carbocycles. The number of rotatable bonds is 2. The molecule has 0 unspecified atom stereocenters. The second kappa shape index (κ2) is 4.53. The number of carbonyl (C=O) groups is 1. The molecule has 0 aromatic heterocycles. The van der Waals surface area contributed by atoms with Gasteiger partial charge < -0.3 is 0 Å². The molecule has 0 heterocycles. The van der Waals surface area contributed by atoms with Gasteiger partial charge in [0.05, 0.1) is 0 Å². The molecule has 0 saturated carbocycles. The number of hydrogen-bond acceptors (Lipinski definition) is 2. The van der Waals surface area contributed by atoms with Gasteiger partial charge in [0.15, 0.2) is 5.12 Å². The maximum absolute atomic E-state index is 11.0. The summed E-state index contributed by atoms with van der Waals surface area (Å²) in [6.07, 6.45) is 2.19. The van der Waals surface area contributed by atoms with Crippen LogP contribution in [0.1, 0.15) is 5.56 Å². The van der Waals surface area contributed by atoms with Crippen LogP contribution in [0.5, 0.6) is 0 Å². The lowest BCUT2D eigenvalue weighted by Crippen LogP contribution is -1.96. The van der Waals surface area contributed by atoms with Crippen LogP contribution in [0.25, 0.3) is 0 Å². The van der Waals surface area contributed by atoms with Gasteiger partial charge in [0, 0.05) is 11.4 Å². The Balaban J connectivity index is 2.75. The maximum atomic E-state index is 11.0. The number of thioether (sulfide) groups is 1. The molecule has 0 N–H and O–H groups in total. The van der Waals surface area contributed by atoms with Gasteiger partial charge in [-0.2, -0.15) is 0 Å². The van der Waals surface area contributed by atoms with Crippen LogP contribution >= 0.6 is 23.4 Å². The van der Waals surface area contributed by atoms with Crippen molar-refractivity contribution in [1.29, 1.82) is 0 Å². The van der Waals surface area contributed by atoms with Crippen molar-refractivity contribution in [1.82, 2.24) is 0 Å². The van der Waals surface area contributed by atoms with Gasteiger partial charge in [0.25, 0.3) is 0 Å². The molecule has 0 saturated heterocycles. The number of carbonyl (C=O) groups excluding carboxylic acids is 1. The highest BCUT2D eigenvalue weighted by Gasteiger charge is 2.04. The van der Waals surface area contributed by atoms with E-state index in [-0.39, 0.29) is 5.12 Å². The molecule has 0 amide bonds. The lowest BCUT2D eigenvalue weighted by molar-refractivity contribution is -0.110. The molecule has 0 spiro atoms. The van der Waals surface area contributed by atoms with Crippen LogP contribution in [-0.4, -0.2) is 11.4 Å². The van der Waals surface area contributed by atoms with Gasteiger partial charge in [0.1, 0.15) is 0 Å². The predicted octanol–water partition coefficient (Wildman–Crippen LogP) is 2.77. The number of hydrogen-bond donors (Lipinski definition) is 0. The van der Waals surface area contributed by atoms with Gasteiger partial charge in [-0.1, -0.05) is 41.6 Å². The molecule has 0 atom stereocenters. The van der Waals surface area contributed by atoms with Crippen LogP contribution in [-0.2, 0) is 11.2 Å². The normalized spacial score (nSPS) is 9.83. The van der Waals surface area contributed by atoms with Crippen molar-refractivity contribution in [2.24, 2.45) is 0 Å². The van der Waals surface area contributed by atoms with E-state index in [1.54, 1.807) is 12.3 Å². The molecule has 0 aliphatic carbocycles. The Labute approximate surface area is 81.1 Å². The predicted molar refractivity (Wildman–Crippen MR) is 53.7 cm³/mol. The van der Waals surface area contributed by atoms with Gasteiger partial charge in [0.2, 0.25) is 0 Å². The van der Waals surface area contributed by atoms with Crippen LogP contribution in [0.2, 0.25) is 5.02 Å². The minimum atomic E-state index is 0.142. The first-order chi connectivity index (χ1) is 5.74. The summed E-state index contributed by atoms with van der Waals surface area (Å²) in [4.78, 5) is 11.0. The van der Waals surface area contributed by atoms with E-state index in [1.165, 1.54) is 11.8 Å². The van der Waals surface area contributed by atoms with Crippen molar-refractivity contribution < 1.29 is 4.79 Å². The summed E-state index contributed by atoms with van der Waals surface area (Å²) in [6.45, 7) is 0. The van der Waals surface area contributed by atoms with Crippen molar-refractivity contribution in [2.75, 3.05) is 6.26 Å². The van der Waals surface area contributed by atoms with E-state index in [0.717, 1.165) is 5.56 Å². The third kappa shape index (κ3) is 2.54. The lowest BCUT2D eigenvalue weighted by Gasteiger charge is -2.00. The summed E-state index contributed by atoms with van der Waals surface area (Å²) in [7, 11) is 0. The average Bonchev–Trinajstić information content (AvgIpc) is 2.09. The summed E-state index contributed by atoms with van der Waals surface area (Å²) in [5, 5.41) is 0.808. The van der Waals surface area contributed by atoms with Crippen LogP contribution in [0.4, 0.5) is 0 Å². The van der Waals surface area contributed by atoms with Crippen molar-refractivity contribution >= 4 is 28.5 Å². The fourth-order valence-electron chi connectivity index (χ4n) is 0.869. The second-order valence-corrected chi connectivity index (χ2v) is 3.62. The maximum Gasteiger partial charge on any atom is 0.193 e. The summed E-state index contributed by atoms with van der Waals surface area (Å²) in [5.74, 6) is 0. The highest BCUT2D eigenvalue weighted by atomic mass is 35.5. The molecule has 1 rings (SSSR count). The van der Waals surface area contributed by atoms with Crippen molar-refractivity contribution in [2.45, 2.75) is 6.42 Å². The Morgan fingerprint density at radius 3 is 2.75 bits per heavy atom. The van der Waals surface area contributed by atoms with E-state index in [4.69, 9.17) is 11.6 Å². The molecule has 3 heteroatoms. The summed E-state index contributed by atoms with van der Waals surface area (Å²) >= 11 is 7.09. The molecule has 64 valence electrons. The summed E-state index contributed by atoms with van der Waals surface area (Å²) in [5.41, 5.74) is 0.901. The first-order valence-corrected chi connectivity index (χ1v) is 5.14. The van der Waals surface area contributed by atoms with Gasteiger partial charge >= 0.3 is 0 Å². The molecule has 0 bridgehead atoms. The van der Waals surface area contributed by atoms with Crippen LogP contribution in [0, 0.1) is 0 Å². The SMILES string of the molecule is CSC(=O)Cc1ccccc1Cl. The van der Waals surface area contributed by atoms with E-state index >= 15 is 0 Å². The fraction of sp³-hybridized carbons (Fsp3) is 0.222. The summed E-state index contributed by atoms with van der Waals surface area (Å²) in [6, 6.07) is 7.41. The molecule has 0 aliphatic rings. The van der Waals surface area contributed by atoms with Crippen molar-refractivity contribution in [3.63, 3.8) is 0 Å². The average molecular weight is 201 g/mol. The molecule has 0 aliphatic heterocycles.